The molecule has 0 spiro atoms. The van der Waals surface area contributed by atoms with Gasteiger partial charge in [-0.2, -0.15) is 0 Å². The number of piperazine rings is 1. The van der Waals surface area contributed by atoms with E-state index < -0.39 is 0 Å². The van der Waals surface area contributed by atoms with Crippen molar-refractivity contribution >= 4 is 33.1 Å². The number of phenols is 1. The Morgan fingerprint density at radius 1 is 1.04 bits per heavy atom. The molecule has 1 aliphatic rings. The second-order valence-corrected chi connectivity index (χ2v) is 7.05. The van der Waals surface area contributed by atoms with Gasteiger partial charge in [0, 0.05) is 37.9 Å². The predicted molar refractivity (Wildman–Crippen MR) is 99.4 cm³/mol. The zero-order chi connectivity index (χ0) is 16.7. The Morgan fingerprint density at radius 2 is 1.79 bits per heavy atom. The molecule has 1 N–H and O–H groups in total. The first-order valence-electron chi connectivity index (χ1n) is 8.13. The zero-order valence-electron chi connectivity index (χ0n) is 13.9. The molecule has 0 radical (unpaired) electrons. The van der Waals surface area contributed by atoms with Gasteiger partial charge in [-0.3, -0.25) is 0 Å². The van der Waals surface area contributed by atoms with E-state index in [1.165, 1.54) is 10.9 Å². The van der Waals surface area contributed by atoms with Crippen molar-refractivity contribution in [3.8, 4) is 5.75 Å². The van der Waals surface area contributed by atoms with E-state index in [1.807, 2.05) is 25.1 Å². The smallest absolute Gasteiger partial charge is 0.141 e. The maximum atomic E-state index is 9.68. The fourth-order valence-corrected chi connectivity index (χ4v) is 4.22. The Kier molecular flexibility index (Phi) is 3.76. The maximum absolute atomic E-state index is 9.68. The number of hydrogen-bond donors (Lipinski definition) is 1. The van der Waals surface area contributed by atoms with Crippen LogP contribution in [0.1, 0.15) is 11.4 Å². The van der Waals surface area contributed by atoms with Crippen molar-refractivity contribution in [1.29, 1.82) is 0 Å². The highest BCUT2D eigenvalue weighted by Gasteiger charge is 2.22. The average Bonchev–Trinajstić information content (AvgIpc) is 2.95. The van der Waals surface area contributed by atoms with Crippen LogP contribution >= 0.6 is 11.3 Å². The normalized spacial score (nSPS) is 15.2. The lowest BCUT2D eigenvalue weighted by atomic mass is 10.2. The molecule has 124 valence electrons. The third-order valence-electron chi connectivity index (χ3n) is 4.48. The molecule has 3 aromatic rings. The number of aromatic nitrogens is 2. The molecule has 0 saturated carbocycles. The summed E-state index contributed by atoms with van der Waals surface area (Å²) in [7, 11) is 0. The summed E-state index contributed by atoms with van der Waals surface area (Å²) in [6.45, 7) is 7.74. The second-order valence-electron chi connectivity index (χ2n) is 6.19. The number of anilines is 2. The first-order valence-corrected chi connectivity index (χ1v) is 9.01. The third-order valence-corrected chi connectivity index (χ3v) is 5.47. The summed E-state index contributed by atoms with van der Waals surface area (Å²) in [5.74, 6) is 2.21. The molecule has 1 aromatic carbocycles. The minimum atomic E-state index is 0.317. The Hall–Kier alpha value is -2.34. The number of thiophene rings is 1. The number of hydrogen-bond acceptors (Lipinski definition) is 6. The van der Waals surface area contributed by atoms with Crippen molar-refractivity contribution in [2.75, 3.05) is 36.0 Å². The van der Waals surface area contributed by atoms with Crippen molar-refractivity contribution in [3.05, 3.63) is 41.0 Å². The van der Waals surface area contributed by atoms with Gasteiger partial charge >= 0.3 is 0 Å². The SMILES string of the molecule is Cc1nc(N2CCN(c3cccc(O)c3)CC2)c2c(C)csc2n1. The number of phenolic OH excluding ortho intramolecular Hbond substituents is 1. The molecule has 0 atom stereocenters. The molecule has 5 nitrogen and oxygen atoms in total. The predicted octanol–water partition coefficient (Wildman–Crippen LogP) is 3.34. The quantitative estimate of drug-likeness (QED) is 0.775. The van der Waals surface area contributed by atoms with Crippen molar-refractivity contribution in [1.82, 2.24) is 9.97 Å². The molecule has 0 unspecified atom stereocenters. The lowest BCUT2D eigenvalue weighted by molar-refractivity contribution is 0.475. The van der Waals surface area contributed by atoms with Gasteiger partial charge in [0.15, 0.2) is 0 Å². The molecule has 2 aromatic heterocycles. The lowest BCUT2D eigenvalue weighted by Crippen LogP contribution is -2.47. The van der Waals surface area contributed by atoms with Crippen molar-refractivity contribution in [3.63, 3.8) is 0 Å². The summed E-state index contributed by atoms with van der Waals surface area (Å²) in [6.07, 6.45) is 0. The number of aryl methyl sites for hydroxylation is 2. The van der Waals surface area contributed by atoms with Gasteiger partial charge in [0.2, 0.25) is 0 Å². The molecular formula is C18H20N4OS. The summed E-state index contributed by atoms with van der Waals surface area (Å²) in [4.78, 5) is 15.0. The molecule has 0 aliphatic carbocycles. The molecule has 4 rings (SSSR count). The molecular weight excluding hydrogens is 320 g/mol. The highest BCUT2D eigenvalue weighted by molar-refractivity contribution is 7.17. The number of aromatic hydroxyl groups is 1. The van der Waals surface area contributed by atoms with Gasteiger partial charge in [0.25, 0.3) is 0 Å². The summed E-state index contributed by atoms with van der Waals surface area (Å²) < 4.78 is 0. The van der Waals surface area contributed by atoms with E-state index in [2.05, 4.69) is 27.1 Å². The fourth-order valence-electron chi connectivity index (χ4n) is 3.26. The molecule has 0 amide bonds. The van der Waals surface area contributed by atoms with Gasteiger partial charge in [0.05, 0.1) is 5.39 Å². The first kappa shape index (κ1) is 15.2. The van der Waals surface area contributed by atoms with Crippen LogP contribution in [0.5, 0.6) is 5.75 Å². The zero-order valence-corrected chi connectivity index (χ0v) is 14.7. The molecule has 1 aliphatic heterocycles. The van der Waals surface area contributed by atoms with Crippen LogP contribution in [0.2, 0.25) is 0 Å². The molecule has 1 saturated heterocycles. The molecule has 6 heteroatoms. The van der Waals surface area contributed by atoms with E-state index in [0.29, 0.717) is 5.75 Å². The van der Waals surface area contributed by atoms with Crippen molar-refractivity contribution in [2.45, 2.75) is 13.8 Å². The minimum Gasteiger partial charge on any atom is -0.508 e. The van der Waals surface area contributed by atoms with Crippen LogP contribution in [0.15, 0.2) is 29.6 Å². The molecule has 3 heterocycles. The van der Waals surface area contributed by atoms with Crippen LogP contribution in [0, 0.1) is 13.8 Å². The summed E-state index contributed by atoms with van der Waals surface area (Å²) in [6, 6.07) is 7.47. The first-order chi connectivity index (χ1) is 11.6. The molecule has 0 bridgehead atoms. The number of rotatable bonds is 2. The van der Waals surface area contributed by atoms with Crippen LogP contribution in [0.25, 0.3) is 10.2 Å². The number of benzene rings is 1. The topological polar surface area (TPSA) is 52.5 Å². The van der Waals surface area contributed by atoms with Crippen molar-refractivity contribution in [2.24, 2.45) is 0 Å². The van der Waals surface area contributed by atoms with Gasteiger partial charge in [0.1, 0.15) is 22.2 Å². The standard InChI is InChI=1S/C18H20N4OS/c1-12-11-24-18-16(12)17(19-13(2)20-18)22-8-6-21(7-9-22)14-4-3-5-15(23)10-14/h3-5,10-11,23H,6-9H2,1-2H3. The van der Waals surface area contributed by atoms with Crippen LogP contribution < -0.4 is 9.80 Å². The monoisotopic (exact) mass is 340 g/mol. The van der Waals surface area contributed by atoms with Crippen LogP contribution in [0.4, 0.5) is 11.5 Å². The maximum Gasteiger partial charge on any atom is 0.141 e. The van der Waals surface area contributed by atoms with Crippen LogP contribution in [-0.2, 0) is 0 Å². The Labute approximate surface area is 145 Å². The van der Waals surface area contributed by atoms with E-state index in [-0.39, 0.29) is 0 Å². The van der Waals surface area contributed by atoms with Gasteiger partial charge in [-0.25, -0.2) is 9.97 Å². The third kappa shape index (κ3) is 2.67. The van der Waals surface area contributed by atoms with E-state index in [9.17, 15) is 5.11 Å². The van der Waals surface area contributed by atoms with Gasteiger partial charge in [-0.15, -0.1) is 11.3 Å². The van der Waals surface area contributed by atoms with E-state index in [4.69, 9.17) is 4.98 Å². The Bertz CT molecular complexity index is 884. The molecule has 1 fully saturated rings. The van der Waals surface area contributed by atoms with Crippen LogP contribution in [0.3, 0.4) is 0 Å². The average molecular weight is 340 g/mol. The van der Waals surface area contributed by atoms with Gasteiger partial charge < -0.3 is 14.9 Å². The van der Waals surface area contributed by atoms with E-state index in [0.717, 1.165) is 48.3 Å². The van der Waals surface area contributed by atoms with Gasteiger partial charge in [-0.1, -0.05) is 6.07 Å². The minimum absolute atomic E-state index is 0.317. The van der Waals surface area contributed by atoms with Gasteiger partial charge in [-0.05, 0) is 36.9 Å². The Morgan fingerprint density at radius 3 is 2.54 bits per heavy atom. The highest BCUT2D eigenvalue weighted by Crippen LogP contribution is 2.32. The highest BCUT2D eigenvalue weighted by atomic mass is 32.1. The van der Waals surface area contributed by atoms with E-state index >= 15 is 0 Å². The van der Waals surface area contributed by atoms with Crippen LogP contribution in [-0.4, -0.2) is 41.3 Å². The van der Waals surface area contributed by atoms with E-state index in [1.54, 1.807) is 17.4 Å². The van der Waals surface area contributed by atoms with Crippen molar-refractivity contribution < 1.29 is 5.11 Å². The number of fused-ring (bicyclic) bond motifs is 1. The fraction of sp³-hybridized carbons (Fsp3) is 0.333. The Balaban J connectivity index is 1.59. The lowest BCUT2D eigenvalue weighted by Gasteiger charge is -2.37. The molecule has 24 heavy (non-hydrogen) atoms. The largest absolute Gasteiger partial charge is 0.508 e. The number of nitrogens with zero attached hydrogens (tertiary/aromatic N) is 4. The summed E-state index contributed by atoms with van der Waals surface area (Å²) >= 11 is 1.69. The summed E-state index contributed by atoms with van der Waals surface area (Å²) in [5, 5.41) is 13.0. The second kappa shape index (κ2) is 5.94. The summed E-state index contributed by atoms with van der Waals surface area (Å²) in [5.41, 5.74) is 2.32.